The summed E-state index contributed by atoms with van der Waals surface area (Å²) in [5.74, 6) is 1.38. The molecule has 114 valence electrons. The van der Waals surface area contributed by atoms with E-state index >= 15 is 0 Å². The Kier molecular flexibility index (Phi) is 8.30. The predicted molar refractivity (Wildman–Crippen MR) is 87.4 cm³/mol. The van der Waals surface area contributed by atoms with Crippen LogP contribution in [-0.2, 0) is 11.3 Å². The number of nitrogens with one attached hydrogen (secondary N) is 2. The lowest BCUT2D eigenvalue weighted by Gasteiger charge is -2.21. The molecule has 0 saturated heterocycles. The van der Waals surface area contributed by atoms with E-state index in [1.54, 1.807) is 18.4 Å². The van der Waals surface area contributed by atoms with Gasteiger partial charge in [0.1, 0.15) is 0 Å². The Morgan fingerprint density at radius 2 is 2.20 bits per heavy atom. The molecule has 0 radical (unpaired) electrons. The third-order valence-electron chi connectivity index (χ3n) is 3.08. The number of thiophene rings is 1. The number of rotatable bonds is 8. The van der Waals surface area contributed by atoms with E-state index in [9.17, 15) is 0 Å². The first-order valence-corrected chi connectivity index (χ1v) is 8.13. The molecule has 0 aromatic carbocycles. The Labute approximate surface area is 126 Å². The molecule has 1 rings (SSSR count). The first kappa shape index (κ1) is 17.0. The fourth-order valence-corrected chi connectivity index (χ4v) is 2.61. The average Bonchev–Trinajstić information content (AvgIpc) is 2.94. The van der Waals surface area contributed by atoms with Crippen molar-refractivity contribution in [2.45, 2.75) is 39.8 Å². The van der Waals surface area contributed by atoms with Crippen molar-refractivity contribution in [1.82, 2.24) is 10.6 Å². The lowest BCUT2D eigenvalue weighted by atomic mass is 10.0. The van der Waals surface area contributed by atoms with Crippen LogP contribution in [0.4, 0.5) is 0 Å². The molecule has 0 fully saturated rings. The van der Waals surface area contributed by atoms with E-state index in [0.29, 0.717) is 12.0 Å². The Morgan fingerprint density at radius 1 is 1.40 bits per heavy atom. The number of hydrogen-bond acceptors (Lipinski definition) is 3. The number of aliphatic imine (C=N–C) groups is 1. The van der Waals surface area contributed by atoms with Gasteiger partial charge in [-0.05, 0) is 30.7 Å². The van der Waals surface area contributed by atoms with Crippen molar-refractivity contribution in [3.63, 3.8) is 0 Å². The minimum Gasteiger partial charge on any atom is -0.378 e. The minimum absolute atomic E-state index is 0.308. The van der Waals surface area contributed by atoms with Crippen LogP contribution in [-0.4, -0.2) is 32.3 Å². The summed E-state index contributed by atoms with van der Waals surface area (Å²) < 4.78 is 5.74. The van der Waals surface area contributed by atoms with E-state index in [4.69, 9.17) is 4.74 Å². The molecular formula is C15H27N3OS. The van der Waals surface area contributed by atoms with Crippen LogP contribution in [0.3, 0.4) is 0 Å². The highest BCUT2D eigenvalue weighted by atomic mass is 32.1. The van der Waals surface area contributed by atoms with Crippen molar-refractivity contribution in [1.29, 1.82) is 0 Å². The van der Waals surface area contributed by atoms with Crippen molar-refractivity contribution in [3.8, 4) is 0 Å². The van der Waals surface area contributed by atoms with E-state index < -0.39 is 0 Å². The van der Waals surface area contributed by atoms with E-state index in [1.165, 1.54) is 4.88 Å². The van der Waals surface area contributed by atoms with Crippen LogP contribution >= 0.6 is 11.3 Å². The summed E-state index contributed by atoms with van der Waals surface area (Å²) in [6, 6.07) is 4.18. The van der Waals surface area contributed by atoms with Crippen LogP contribution in [0.1, 0.15) is 32.1 Å². The second-order valence-corrected chi connectivity index (χ2v) is 5.99. The molecule has 0 saturated carbocycles. The summed E-state index contributed by atoms with van der Waals surface area (Å²) in [5.41, 5.74) is 0. The van der Waals surface area contributed by atoms with Crippen molar-refractivity contribution < 1.29 is 4.74 Å². The van der Waals surface area contributed by atoms with Crippen LogP contribution in [0.25, 0.3) is 0 Å². The molecule has 4 nitrogen and oxygen atoms in total. The fraction of sp³-hybridized carbons (Fsp3) is 0.667. The van der Waals surface area contributed by atoms with E-state index in [2.05, 4.69) is 47.0 Å². The van der Waals surface area contributed by atoms with Crippen molar-refractivity contribution in [2.24, 2.45) is 10.9 Å². The molecule has 0 amide bonds. The zero-order chi connectivity index (χ0) is 14.8. The topological polar surface area (TPSA) is 45.6 Å². The maximum atomic E-state index is 5.74. The number of ether oxygens (including phenoxy) is 1. The van der Waals surface area contributed by atoms with Crippen LogP contribution in [0, 0.1) is 5.92 Å². The van der Waals surface area contributed by atoms with Crippen LogP contribution in [0.2, 0.25) is 0 Å². The van der Waals surface area contributed by atoms with Gasteiger partial charge in [0.25, 0.3) is 0 Å². The first-order valence-electron chi connectivity index (χ1n) is 7.25. The first-order chi connectivity index (χ1) is 9.67. The molecule has 0 bridgehead atoms. The molecule has 1 aromatic heterocycles. The Hall–Kier alpha value is -1.07. The maximum Gasteiger partial charge on any atom is 0.191 e. The predicted octanol–water partition coefficient (Wildman–Crippen LogP) is 2.86. The van der Waals surface area contributed by atoms with E-state index in [1.807, 2.05) is 6.92 Å². The smallest absolute Gasteiger partial charge is 0.191 e. The maximum absolute atomic E-state index is 5.74. The molecule has 20 heavy (non-hydrogen) atoms. The summed E-state index contributed by atoms with van der Waals surface area (Å²) >= 11 is 1.75. The van der Waals surface area contributed by atoms with Crippen molar-refractivity contribution in [2.75, 3.05) is 20.2 Å². The molecule has 0 aliphatic heterocycles. The zero-order valence-corrected chi connectivity index (χ0v) is 13.8. The fourth-order valence-electron chi connectivity index (χ4n) is 1.96. The largest absolute Gasteiger partial charge is 0.378 e. The molecule has 2 N–H and O–H groups in total. The molecule has 1 heterocycles. The van der Waals surface area contributed by atoms with Gasteiger partial charge in [-0.15, -0.1) is 11.3 Å². The number of hydrogen-bond donors (Lipinski definition) is 2. The van der Waals surface area contributed by atoms with Gasteiger partial charge in [0.2, 0.25) is 0 Å². The lowest BCUT2D eigenvalue weighted by Crippen LogP contribution is -2.38. The molecule has 0 aliphatic carbocycles. The molecule has 1 unspecified atom stereocenters. The third kappa shape index (κ3) is 6.39. The molecule has 0 spiro atoms. The standard InChI is InChI=1S/C15H27N3OS/c1-5-19-14(12(2)3)8-9-17-15(16-4)18-11-13-7-6-10-20-13/h6-7,10,12,14H,5,8-9,11H2,1-4H3,(H2,16,17,18). The van der Waals surface area contributed by atoms with Gasteiger partial charge in [0, 0.05) is 25.1 Å². The van der Waals surface area contributed by atoms with Gasteiger partial charge in [-0.3, -0.25) is 4.99 Å². The monoisotopic (exact) mass is 297 g/mol. The number of guanidine groups is 1. The number of nitrogens with zero attached hydrogens (tertiary/aromatic N) is 1. The average molecular weight is 297 g/mol. The van der Waals surface area contributed by atoms with E-state index in [-0.39, 0.29) is 0 Å². The molecule has 0 aliphatic rings. The Balaban J connectivity index is 2.27. The summed E-state index contributed by atoms with van der Waals surface area (Å²) in [5, 5.41) is 8.74. The van der Waals surface area contributed by atoms with E-state index in [0.717, 1.165) is 32.1 Å². The molecule has 5 heteroatoms. The van der Waals surface area contributed by atoms with Gasteiger partial charge in [-0.2, -0.15) is 0 Å². The van der Waals surface area contributed by atoms with Crippen molar-refractivity contribution in [3.05, 3.63) is 22.4 Å². The van der Waals surface area contributed by atoms with Crippen molar-refractivity contribution >= 4 is 17.3 Å². The third-order valence-corrected chi connectivity index (χ3v) is 3.96. The highest BCUT2D eigenvalue weighted by Gasteiger charge is 2.12. The SMILES string of the molecule is CCOC(CCNC(=NC)NCc1cccs1)C(C)C. The zero-order valence-electron chi connectivity index (χ0n) is 13.0. The molecule has 1 aromatic rings. The highest BCUT2D eigenvalue weighted by molar-refractivity contribution is 7.09. The summed E-state index contributed by atoms with van der Waals surface area (Å²) in [6.45, 7) is 8.90. The summed E-state index contributed by atoms with van der Waals surface area (Å²) in [6.07, 6.45) is 1.30. The summed E-state index contributed by atoms with van der Waals surface area (Å²) in [4.78, 5) is 5.54. The second kappa shape index (κ2) is 9.77. The highest BCUT2D eigenvalue weighted by Crippen LogP contribution is 2.10. The van der Waals surface area contributed by atoms with Gasteiger partial charge in [-0.1, -0.05) is 19.9 Å². The molecule has 1 atom stereocenters. The van der Waals surface area contributed by atoms with Crippen LogP contribution in [0.5, 0.6) is 0 Å². The van der Waals surface area contributed by atoms with Gasteiger partial charge < -0.3 is 15.4 Å². The summed E-state index contributed by atoms with van der Waals surface area (Å²) in [7, 11) is 1.80. The van der Waals surface area contributed by atoms with Crippen LogP contribution < -0.4 is 10.6 Å². The van der Waals surface area contributed by atoms with Gasteiger partial charge in [-0.25, -0.2) is 0 Å². The Bertz CT molecular complexity index is 376. The lowest BCUT2D eigenvalue weighted by molar-refractivity contribution is 0.0258. The van der Waals surface area contributed by atoms with Crippen LogP contribution in [0.15, 0.2) is 22.5 Å². The van der Waals surface area contributed by atoms with Gasteiger partial charge in [0.05, 0.1) is 12.6 Å². The quantitative estimate of drug-likeness (QED) is 0.573. The van der Waals surface area contributed by atoms with Gasteiger partial charge >= 0.3 is 0 Å². The minimum atomic E-state index is 0.308. The second-order valence-electron chi connectivity index (χ2n) is 4.96. The molecular weight excluding hydrogens is 270 g/mol. The van der Waals surface area contributed by atoms with Gasteiger partial charge in [0.15, 0.2) is 5.96 Å². The Morgan fingerprint density at radius 3 is 2.75 bits per heavy atom. The normalized spacial score (nSPS) is 13.6.